The van der Waals surface area contributed by atoms with Gasteiger partial charge < -0.3 is 30.5 Å². The maximum atomic E-state index is 15.4. The fraction of sp³-hybridized carbons (Fsp3) is 0.464. The van der Waals surface area contributed by atoms with Crippen LogP contribution in [0.2, 0.25) is 0 Å². The molecule has 3 aliphatic heterocycles. The van der Waals surface area contributed by atoms with Crippen molar-refractivity contribution >= 4 is 23.4 Å². The van der Waals surface area contributed by atoms with E-state index in [0.29, 0.717) is 71.8 Å². The third-order valence-electron chi connectivity index (χ3n) is 8.28. The van der Waals surface area contributed by atoms with Crippen LogP contribution in [0.5, 0.6) is 5.75 Å². The van der Waals surface area contributed by atoms with Gasteiger partial charge in [-0.1, -0.05) is 11.8 Å². The lowest BCUT2D eigenvalue weighted by Crippen LogP contribution is -2.56. The second-order valence-corrected chi connectivity index (χ2v) is 12.3. The van der Waals surface area contributed by atoms with Gasteiger partial charge in [0.2, 0.25) is 0 Å². The minimum atomic E-state index is -0.827. The summed E-state index contributed by atoms with van der Waals surface area (Å²) in [6.07, 6.45) is 4.33. The Morgan fingerprint density at radius 3 is 2.58 bits per heavy atom. The summed E-state index contributed by atoms with van der Waals surface area (Å²) in [5.41, 5.74) is 6.15. The molecule has 0 saturated carbocycles. The van der Waals surface area contributed by atoms with Crippen LogP contribution in [0, 0.1) is 17.6 Å². The first-order chi connectivity index (χ1) is 19.1. The summed E-state index contributed by atoms with van der Waals surface area (Å²) in [4.78, 5) is 17.6. The van der Waals surface area contributed by atoms with Crippen molar-refractivity contribution in [1.29, 1.82) is 0 Å². The molecule has 3 aromatic rings. The highest BCUT2D eigenvalue weighted by molar-refractivity contribution is 7.99. The van der Waals surface area contributed by atoms with Gasteiger partial charge in [0.15, 0.2) is 17.5 Å². The molecule has 40 heavy (non-hydrogen) atoms. The number of aliphatic hydroxyl groups excluding tert-OH is 1. The molecule has 212 valence electrons. The maximum absolute atomic E-state index is 15.4. The van der Waals surface area contributed by atoms with Gasteiger partial charge in [-0.25, -0.2) is 23.7 Å². The number of aromatic nitrogens is 3. The predicted octanol–water partition coefficient (Wildman–Crippen LogP) is 3.43. The van der Waals surface area contributed by atoms with E-state index >= 15 is 4.39 Å². The number of hydrogen-bond donors (Lipinski definition) is 3. The number of nitrogens with zero attached hydrogens (tertiary/aromatic N) is 5. The first-order valence-electron chi connectivity index (χ1n) is 13.3. The van der Waals surface area contributed by atoms with Gasteiger partial charge >= 0.3 is 0 Å². The molecule has 0 radical (unpaired) electrons. The van der Waals surface area contributed by atoms with E-state index in [1.165, 1.54) is 12.1 Å². The van der Waals surface area contributed by atoms with Gasteiger partial charge in [0.05, 0.1) is 29.3 Å². The van der Waals surface area contributed by atoms with Crippen LogP contribution in [0.1, 0.15) is 44.0 Å². The molecular weight excluding hydrogens is 538 g/mol. The Bertz CT molecular complexity index is 1420. The summed E-state index contributed by atoms with van der Waals surface area (Å²) >= 11 is 1.12. The molecule has 4 N–H and O–H groups in total. The summed E-state index contributed by atoms with van der Waals surface area (Å²) in [5.74, 6) is 0.693. The Labute approximate surface area is 235 Å². The zero-order valence-corrected chi connectivity index (χ0v) is 23.2. The summed E-state index contributed by atoms with van der Waals surface area (Å²) in [6.45, 7) is 5.39. The molecule has 1 spiro atoms. The topological polar surface area (TPSA) is 121 Å². The fourth-order valence-electron chi connectivity index (χ4n) is 5.68. The molecule has 0 aliphatic carbocycles. The molecule has 0 amide bonds. The molecule has 0 bridgehead atoms. The quantitative estimate of drug-likeness (QED) is 0.407. The van der Waals surface area contributed by atoms with Gasteiger partial charge in [-0.2, -0.15) is 0 Å². The Hall–Kier alpha value is -3.06. The molecular formula is C28H32F2N6O3S. The van der Waals surface area contributed by atoms with Crippen molar-refractivity contribution in [3.05, 3.63) is 59.6 Å². The monoisotopic (exact) mass is 570 g/mol. The van der Waals surface area contributed by atoms with Crippen LogP contribution < -0.4 is 20.3 Å². The second-order valence-electron chi connectivity index (χ2n) is 11.3. The number of hydrogen-bond acceptors (Lipinski definition) is 10. The highest BCUT2D eigenvalue weighted by Crippen LogP contribution is 2.47. The third-order valence-corrected chi connectivity index (χ3v) is 9.22. The first-order valence-corrected chi connectivity index (χ1v) is 14.1. The molecule has 5 heterocycles. The van der Waals surface area contributed by atoms with Crippen LogP contribution in [0.3, 0.4) is 0 Å². The van der Waals surface area contributed by atoms with Crippen molar-refractivity contribution in [3.63, 3.8) is 0 Å². The number of rotatable bonds is 6. The lowest BCUT2D eigenvalue weighted by molar-refractivity contribution is 0.00415. The summed E-state index contributed by atoms with van der Waals surface area (Å²) in [5, 5.41) is 20.7. The number of fused-ring (bicyclic) bond motifs is 1. The van der Waals surface area contributed by atoms with Gasteiger partial charge in [0.1, 0.15) is 27.9 Å². The van der Waals surface area contributed by atoms with Crippen LogP contribution in [-0.2, 0) is 6.61 Å². The molecule has 1 aromatic carbocycles. The van der Waals surface area contributed by atoms with Crippen LogP contribution in [0.15, 0.2) is 46.6 Å². The van der Waals surface area contributed by atoms with E-state index in [0.717, 1.165) is 11.8 Å². The highest BCUT2D eigenvalue weighted by atomic mass is 32.2. The number of nitrogens with two attached hydrogens (primary N) is 1. The number of aliphatic hydroxyl groups is 2. The lowest BCUT2D eigenvalue weighted by atomic mass is 9.83. The van der Waals surface area contributed by atoms with E-state index in [1.54, 1.807) is 38.4 Å². The number of benzene rings is 1. The number of anilines is 2. The Morgan fingerprint density at radius 1 is 1.12 bits per heavy atom. The largest absolute Gasteiger partial charge is 0.485 e. The number of piperidine rings is 1. The molecule has 9 nitrogen and oxygen atoms in total. The molecule has 2 saturated heterocycles. The summed E-state index contributed by atoms with van der Waals surface area (Å²) in [6, 6.07) is 5.60. The zero-order valence-electron chi connectivity index (χ0n) is 22.3. The molecule has 1 atom stereocenters. The molecule has 2 aromatic heterocycles. The standard InChI is InChI=1S/C28H32F2N6O3S/c1-27(2,38)16-13-36(14-16)26-23(30)21(5-8-32-26)40-22-12-33-25(19(15-37)34-22)35-9-6-28(7-10-35)24(31)18-11-17(29)3-4-20(18)39-28/h3-5,8,11-12,16,24,37-38H,6-7,9-10,13-15,31H2,1-2H3/t24-/m1/s1. The number of halogens is 2. The fourth-order valence-corrected chi connectivity index (χ4v) is 6.48. The van der Waals surface area contributed by atoms with Crippen molar-refractivity contribution in [3.8, 4) is 5.75 Å². The van der Waals surface area contributed by atoms with Crippen LogP contribution in [-0.4, -0.2) is 62.5 Å². The van der Waals surface area contributed by atoms with Gasteiger partial charge in [-0.05, 0) is 38.1 Å². The Kier molecular flexibility index (Phi) is 6.84. The van der Waals surface area contributed by atoms with Crippen LogP contribution >= 0.6 is 11.8 Å². The predicted molar refractivity (Wildman–Crippen MR) is 146 cm³/mol. The van der Waals surface area contributed by atoms with Crippen molar-refractivity contribution in [2.45, 2.75) is 60.5 Å². The maximum Gasteiger partial charge on any atom is 0.179 e. The van der Waals surface area contributed by atoms with E-state index in [4.69, 9.17) is 10.5 Å². The van der Waals surface area contributed by atoms with E-state index < -0.39 is 23.1 Å². The van der Waals surface area contributed by atoms with Crippen molar-refractivity contribution in [2.75, 3.05) is 36.0 Å². The van der Waals surface area contributed by atoms with Crippen molar-refractivity contribution in [1.82, 2.24) is 15.0 Å². The van der Waals surface area contributed by atoms with E-state index in [-0.39, 0.29) is 24.2 Å². The summed E-state index contributed by atoms with van der Waals surface area (Å²) < 4.78 is 35.4. The third kappa shape index (κ3) is 4.76. The number of pyridine rings is 1. The lowest BCUT2D eigenvalue weighted by Gasteiger charge is -2.45. The molecule has 3 aliphatic rings. The van der Waals surface area contributed by atoms with Gasteiger partial charge in [-0.3, -0.25) is 0 Å². The first kappa shape index (κ1) is 27.1. The zero-order chi connectivity index (χ0) is 28.2. The normalized spacial score (nSPS) is 20.4. The van der Waals surface area contributed by atoms with Crippen molar-refractivity contribution < 1.29 is 23.7 Å². The SMILES string of the molecule is CC(C)(O)C1CN(c2nccc(Sc3cnc(N4CCC5(CC4)Oc4ccc(F)cc4[C@H]5N)c(CO)n3)c2F)C1. The summed E-state index contributed by atoms with van der Waals surface area (Å²) in [7, 11) is 0. The highest BCUT2D eigenvalue weighted by Gasteiger charge is 2.49. The van der Waals surface area contributed by atoms with Gasteiger partial charge in [0.25, 0.3) is 0 Å². The average Bonchev–Trinajstić information content (AvgIpc) is 3.15. The van der Waals surface area contributed by atoms with Crippen LogP contribution in [0.25, 0.3) is 0 Å². The second kappa shape index (κ2) is 10.1. The van der Waals surface area contributed by atoms with Gasteiger partial charge in [-0.15, -0.1) is 0 Å². The molecule has 12 heteroatoms. The van der Waals surface area contributed by atoms with Crippen LogP contribution in [0.4, 0.5) is 20.4 Å². The molecule has 0 unspecified atom stereocenters. The van der Waals surface area contributed by atoms with E-state index in [9.17, 15) is 14.6 Å². The van der Waals surface area contributed by atoms with Gasteiger partial charge in [0, 0.05) is 56.7 Å². The molecule has 6 rings (SSSR count). The van der Waals surface area contributed by atoms with E-state index in [2.05, 4.69) is 15.0 Å². The Morgan fingerprint density at radius 2 is 1.88 bits per heavy atom. The minimum absolute atomic E-state index is 0.0505. The number of ether oxygens (including phenoxy) is 1. The Balaban J connectivity index is 1.14. The van der Waals surface area contributed by atoms with Crippen molar-refractivity contribution in [2.24, 2.45) is 11.7 Å². The average molecular weight is 571 g/mol. The minimum Gasteiger partial charge on any atom is -0.485 e. The molecule has 2 fully saturated rings. The smallest absolute Gasteiger partial charge is 0.179 e. The van der Waals surface area contributed by atoms with E-state index in [1.807, 2.05) is 9.80 Å².